The first kappa shape index (κ1) is 21.4. The number of nitrogens with one attached hydrogen (secondary N) is 1. The minimum Gasteiger partial charge on any atom is -0.495 e. The minimum absolute atomic E-state index is 0.162. The monoisotopic (exact) mass is 451 g/mol. The van der Waals surface area contributed by atoms with Gasteiger partial charge in [-0.05, 0) is 42.5 Å². The smallest absolute Gasteiger partial charge is 0.234 e. The fourth-order valence-corrected chi connectivity index (χ4v) is 3.73. The van der Waals surface area contributed by atoms with Gasteiger partial charge >= 0.3 is 0 Å². The summed E-state index contributed by atoms with van der Waals surface area (Å²) in [6, 6.07) is 16.4. The van der Waals surface area contributed by atoms with E-state index in [4.69, 9.17) is 14.2 Å². The number of ether oxygens (including phenoxy) is 3. The Morgan fingerprint density at radius 1 is 0.938 bits per heavy atom. The van der Waals surface area contributed by atoms with Gasteiger partial charge in [-0.25, -0.2) is 0 Å². The van der Waals surface area contributed by atoms with Crippen LogP contribution < -0.4 is 19.5 Å². The third-order valence-corrected chi connectivity index (χ3v) is 5.53. The van der Waals surface area contributed by atoms with Crippen LogP contribution in [0.3, 0.4) is 0 Å². The first-order valence-corrected chi connectivity index (χ1v) is 10.6. The lowest BCUT2D eigenvalue weighted by Gasteiger charge is -2.10. The number of fused-ring (bicyclic) bond motifs is 1. The van der Waals surface area contributed by atoms with E-state index < -0.39 is 0 Å². The number of carbonyl (C=O) groups excluding carboxylic acids is 1. The number of aromatic nitrogens is 4. The Labute approximate surface area is 188 Å². The second kappa shape index (κ2) is 9.56. The zero-order chi connectivity index (χ0) is 22.5. The molecule has 1 amide bonds. The van der Waals surface area contributed by atoms with Crippen molar-refractivity contribution in [3.63, 3.8) is 0 Å². The first-order chi connectivity index (χ1) is 15.6. The van der Waals surface area contributed by atoms with Gasteiger partial charge in [-0.15, -0.1) is 10.2 Å². The number of anilines is 1. The molecule has 2 aromatic heterocycles. The van der Waals surface area contributed by atoms with Crippen molar-refractivity contribution in [2.24, 2.45) is 0 Å². The van der Waals surface area contributed by atoms with E-state index in [1.165, 1.54) is 11.8 Å². The molecule has 2 aromatic carbocycles. The zero-order valence-electron chi connectivity index (χ0n) is 17.7. The molecule has 10 heteroatoms. The van der Waals surface area contributed by atoms with Crippen molar-refractivity contribution in [2.75, 3.05) is 32.4 Å². The summed E-state index contributed by atoms with van der Waals surface area (Å²) >= 11 is 1.31. The van der Waals surface area contributed by atoms with Crippen molar-refractivity contribution in [3.05, 3.63) is 54.6 Å². The van der Waals surface area contributed by atoms with Gasteiger partial charge in [0.05, 0.1) is 32.8 Å². The topological polar surface area (TPSA) is 99.9 Å². The maximum atomic E-state index is 12.4. The molecule has 0 fully saturated rings. The molecule has 0 radical (unpaired) electrons. The summed E-state index contributed by atoms with van der Waals surface area (Å²) in [6.45, 7) is 0. The number of thioether (sulfide) groups is 1. The highest BCUT2D eigenvalue weighted by Gasteiger charge is 2.14. The molecule has 2 heterocycles. The molecule has 0 aliphatic rings. The Kier molecular flexibility index (Phi) is 6.41. The van der Waals surface area contributed by atoms with Gasteiger partial charge in [0.15, 0.2) is 23.0 Å². The summed E-state index contributed by atoms with van der Waals surface area (Å²) < 4.78 is 17.6. The predicted octanol–water partition coefficient (Wildman–Crippen LogP) is 3.55. The Balaban J connectivity index is 1.52. The van der Waals surface area contributed by atoms with Crippen LogP contribution in [0.4, 0.5) is 5.69 Å². The maximum absolute atomic E-state index is 12.4. The molecule has 0 atom stereocenters. The summed E-state index contributed by atoms with van der Waals surface area (Å²) in [4.78, 5) is 12.4. The molecule has 1 N–H and O–H groups in total. The standard InChI is InChI=1S/C22H21N5O4S/c1-29-16-7-5-4-6-15(16)23-20(28)13-32-21-11-10-19-24-25-22(27(19)26-21)14-8-9-17(30-2)18(12-14)31-3/h4-12H,13H2,1-3H3,(H,23,28). The van der Waals surface area contributed by atoms with Gasteiger partial charge in [0.2, 0.25) is 5.91 Å². The predicted molar refractivity (Wildman–Crippen MR) is 122 cm³/mol. The van der Waals surface area contributed by atoms with Crippen LogP contribution in [0.5, 0.6) is 17.2 Å². The second-order valence-corrected chi connectivity index (χ2v) is 7.57. The fourth-order valence-electron chi connectivity index (χ4n) is 3.08. The molecule has 0 saturated carbocycles. The van der Waals surface area contributed by atoms with Gasteiger partial charge in [0, 0.05) is 5.56 Å². The van der Waals surface area contributed by atoms with Gasteiger partial charge in [0.25, 0.3) is 0 Å². The molecule has 0 unspecified atom stereocenters. The van der Waals surface area contributed by atoms with Crippen LogP contribution in [0.1, 0.15) is 0 Å². The third-order valence-electron chi connectivity index (χ3n) is 4.61. The van der Waals surface area contributed by atoms with Crippen LogP contribution in [0, 0.1) is 0 Å². The number of hydrogen-bond acceptors (Lipinski definition) is 8. The number of benzene rings is 2. The van der Waals surface area contributed by atoms with Crippen LogP contribution in [-0.2, 0) is 4.79 Å². The normalized spacial score (nSPS) is 10.7. The molecule has 164 valence electrons. The Hall–Kier alpha value is -3.79. The molecule has 4 rings (SSSR count). The Morgan fingerprint density at radius 2 is 1.72 bits per heavy atom. The Bertz CT molecular complexity index is 1260. The van der Waals surface area contributed by atoms with Gasteiger partial charge in [-0.1, -0.05) is 23.9 Å². The van der Waals surface area contributed by atoms with Crippen molar-refractivity contribution >= 4 is 29.0 Å². The van der Waals surface area contributed by atoms with Crippen LogP contribution in [0.15, 0.2) is 59.6 Å². The van der Waals surface area contributed by atoms with Crippen molar-refractivity contribution in [1.29, 1.82) is 0 Å². The average Bonchev–Trinajstić information content (AvgIpc) is 3.26. The van der Waals surface area contributed by atoms with Crippen LogP contribution in [0.2, 0.25) is 0 Å². The molecule has 32 heavy (non-hydrogen) atoms. The summed E-state index contributed by atoms with van der Waals surface area (Å²) in [6.07, 6.45) is 0. The van der Waals surface area contributed by atoms with Crippen molar-refractivity contribution in [2.45, 2.75) is 5.03 Å². The molecule has 0 aliphatic carbocycles. The number of carbonyl (C=O) groups is 1. The van der Waals surface area contributed by atoms with E-state index in [1.807, 2.05) is 36.4 Å². The van der Waals surface area contributed by atoms with Crippen LogP contribution in [0.25, 0.3) is 17.0 Å². The second-order valence-electron chi connectivity index (χ2n) is 6.57. The maximum Gasteiger partial charge on any atom is 0.234 e. The first-order valence-electron chi connectivity index (χ1n) is 9.63. The molecular formula is C22H21N5O4S. The highest BCUT2D eigenvalue weighted by atomic mass is 32.2. The quantitative estimate of drug-likeness (QED) is 0.406. The van der Waals surface area contributed by atoms with E-state index in [9.17, 15) is 4.79 Å². The number of rotatable bonds is 8. The van der Waals surface area contributed by atoms with Gasteiger partial charge in [-0.3, -0.25) is 4.79 Å². The van der Waals surface area contributed by atoms with E-state index in [-0.39, 0.29) is 11.7 Å². The van der Waals surface area contributed by atoms with E-state index in [0.717, 1.165) is 5.56 Å². The number of nitrogens with zero attached hydrogens (tertiary/aromatic N) is 4. The van der Waals surface area contributed by atoms with Crippen molar-refractivity contribution in [1.82, 2.24) is 19.8 Å². The lowest BCUT2D eigenvalue weighted by atomic mass is 10.2. The molecular weight excluding hydrogens is 430 g/mol. The highest BCUT2D eigenvalue weighted by molar-refractivity contribution is 7.99. The van der Waals surface area contributed by atoms with Crippen LogP contribution in [-0.4, -0.2) is 52.8 Å². The lowest BCUT2D eigenvalue weighted by Crippen LogP contribution is -2.14. The Morgan fingerprint density at radius 3 is 2.50 bits per heavy atom. The third kappa shape index (κ3) is 4.45. The van der Waals surface area contributed by atoms with Gasteiger partial charge < -0.3 is 19.5 Å². The molecule has 0 spiro atoms. The average molecular weight is 452 g/mol. The summed E-state index contributed by atoms with van der Waals surface area (Å²) in [5, 5.41) is 16.6. The molecule has 4 aromatic rings. The molecule has 0 bridgehead atoms. The number of para-hydroxylation sites is 2. The van der Waals surface area contributed by atoms with E-state index in [2.05, 4.69) is 20.6 Å². The van der Waals surface area contributed by atoms with Crippen molar-refractivity contribution < 1.29 is 19.0 Å². The summed E-state index contributed by atoms with van der Waals surface area (Å²) in [5.74, 6) is 2.39. The summed E-state index contributed by atoms with van der Waals surface area (Å²) in [7, 11) is 4.72. The number of methoxy groups -OCH3 is 3. The molecule has 0 aliphatic heterocycles. The van der Waals surface area contributed by atoms with E-state index in [1.54, 1.807) is 44.0 Å². The zero-order valence-corrected chi connectivity index (χ0v) is 18.5. The number of amides is 1. The SMILES string of the molecule is COc1ccccc1NC(=O)CSc1ccc2nnc(-c3ccc(OC)c(OC)c3)n2n1. The molecule has 9 nitrogen and oxygen atoms in total. The van der Waals surface area contributed by atoms with E-state index >= 15 is 0 Å². The largest absolute Gasteiger partial charge is 0.495 e. The highest BCUT2D eigenvalue weighted by Crippen LogP contribution is 2.32. The fraction of sp³-hybridized carbons (Fsp3) is 0.182. The van der Waals surface area contributed by atoms with Crippen LogP contribution >= 0.6 is 11.8 Å². The van der Waals surface area contributed by atoms with E-state index in [0.29, 0.717) is 39.4 Å². The number of hydrogen-bond donors (Lipinski definition) is 1. The van der Waals surface area contributed by atoms with Gasteiger partial charge in [-0.2, -0.15) is 9.61 Å². The molecule has 0 saturated heterocycles. The van der Waals surface area contributed by atoms with Crippen molar-refractivity contribution in [3.8, 4) is 28.6 Å². The summed E-state index contributed by atoms with van der Waals surface area (Å²) in [5.41, 5.74) is 2.00. The minimum atomic E-state index is -0.162. The van der Waals surface area contributed by atoms with Gasteiger partial charge in [0.1, 0.15) is 10.8 Å². The lowest BCUT2D eigenvalue weighted by molar-refractivity contribution is -0.113.